The number of anilines is 1. The van der Waals surface area contributed by atoms with Gasteiger partial charge < -0.3 is 11.1 Å². The van der Waals surface area contributed by atoms with Gasteiger partial charge in [-0.2, -0.15) is 0 Å². The molecule has 0 saturated heterocycles. The van der Waals surface area contributed by atoms with E-state index >= 15 is 0 Å². The van der Waals surface area contributed by atoms with E-state index in [9.17, 15) is 0 Å². The molecule has 0 spiro atoms. The monoisotopic (exact) mass is 270 g/mol. The lowest BCUT2D eigenvalue weighted by Gasteiger charge is -2.14. The van der Waals surface area contributed by atoms with Crippen molar-refractivity contribution in [2.24, 2.45) is 5.73 Å². The lowest BCUT2D eigenvalue weighted by Crippen LogP contribution is -2.15. The third-order valence-corrected chi connectivity index (χ3v) is 3.21. The zero-order valence-corrected chi connectivity index (χ0v) is 12.4. The largest absolute Gasteiger partial charge is 0.381 e. The highest BCUT2D eigenvalue weighted by Crippen LogP contribution is 2.26. The first kappa shape index (κ1) is 14.5. The van der Waals surface area contributed by atoms with Gasteiger partial charge in [-0.3, -0.25) is 0 Å². The molecule has 0 bridgehead atoms. The molecule has 1 aromatic carbocycles. The molecule has 0 fully saturated rings. The number of benzene rings is 1. The maximum absolute atomic E-state index is 5.54. The van der Waals surface area contributed by atoms with E-state index in [2.05, 4.69) is 43.2 Å². The standard InChI is InChI=1S/C16H22N4/c1-11(2)15-14(18-9-8-17)10-19-16(20-15)13-7-5-4-6-12(13)3/h4-7,10-11,18H,8-9,17H2,1-3H3. The second-order valence-electron chi connectivity index (χ2n) is 5.18. The molecule has 0 unspecified atom stereocenters. The van der Waals surface area contributed by atoms with E-state index in [-0.39, 0.29) is 0 Å². The van der Waals surface area contributed by atoms with Gasteiger partial charge in [0.15, 0.2) is 5.82 Å². The van der Waals surface area contributed by atoms with Crippen molar-refractivity contribution in [3.05, 3.63) is 41.7 Å². The molecule has 2 aromatic rings. The van der Waals surface area contributed by atoms with Crippen LogP contribution in [-0.4, -0.2) is 23.1 Å². The highest BCUT2D eigenvalue weighted by molar-refractivity contribution is 5.62. The molecule has 3 N–H and O–H groups in total. The van der Waals surface area contributed by atoms with Crippen LogP contribution in [0.15, 0.2) is 30.5 Å². The second kappa shape index (κ2) is 6.48. The third kappa shape index (κ3) is 3.14. The van der Waals surface area contributed by atoms with Gasteiger partial charge >= 0.3 is 0 Å². The molecule has 0 amide bonds. The summed E-state index contributed by atoms with van der Waals surface area (Å²) in [6, 6.07) is 8.18. The predicted molar refractivity (Wildman–Crippen MR) is 83.8 cm³/mol. The lowest BCUT2D eigenvalue weighted by molar-refractivity contribution is 0.815. The van der Waals surface area contributed by atoms with Crippen molar-refractivity contribution in [1.29, 1.82) is 0 Å². The molecule has 1 heterocycles. The average Bonchev–Trinajstić information content (AvgIpc) is 2.45. The van der Waals surface area contributed by atoms with Crippen molar-refractivity contribution in [3.8, 4) is 11.4 Å². The van der Waals surface area contributed by atoms with Crippen molar-refractivity contribution >= 4 is 5.69 Å². The zero-order valence-electron chi connectivity index (χ0n) is 12.4. The number of rotatable bonds is 5. The topological polar surface area (TPSA) is 63.8 Å². The summed E-state index contributed by atoms with van der Waals surface area (Å²) in [6.45, 7) is 7.67. The number of hydrogen-bond donors (Lipinski definition) is 2. The van der Waals surface area contributed by atoms with Crippen LogP contribution in [0.1, 0.15) is 31.0 Å². The second-order valence-corrected chi connectivity index (χ2v) is 5.18. The Morgan fingerprint density at radius 2 is 2.00 bits per heavy atom. The van der Waals surface area contributed by atoms with Gasteiger partial charge in [0, 0.05) is 18.7 Å². The number of aryl methyl sites for hydroxylation is 1. The minimum Gasteiger partial charge on any atom is -0.381 e. The van der Waals surface area contributed by atoms with Crippen LogP contribution in [0.3, 0.4) is 0 Å². The van der Waals surface area contributed by atoms with Gasteiger partial charge in [-0.15, -0.1) is 0 Å². The highest BCUT2D eigenvalue weighted by atomic mass is 15.0. The molecule has 0 radical (unpaired) electrons. The number of nitrogens with one attached hydrogen (secondary N) is 1. The van der Waals surface area contributed by atoms with E-state index in [4.69, 9.17) is 10.7 Å². The Labute approximate surface area is 120 Å². The van der Waals surface area contributed by atoms with Crippen LogP contribution < -0.4 is 11.1 Å². The highest BCUT2D eigenvalue weighted by Gasteiger charge is 2.12. The average molecular weight is 270 g/mol. The van der Waals surface area contributed by atoms with Gasteiger partial charge in [0.05, 0.1) is 17.6 Å². The van der Waals surface area contributed by atoms with Crippen LogP contribution in [0.25, 0.3) is 11.4 Å². The Kier molecular flexibility index (Phi) is 4.69. The van der Waals surface area contributed by atoms with Crippen molar-refractivity contribution < 1.29 is 0 Å². The summed E-state index contributed by atoms with van der Waals surface area (Å²) in [5, 5.41) is 3.29. The summed E-state index contributed by atoms with van der Waals surface area (Å²) >= 11 is 0. The summed E-state index contributed by atoms with van der Waals surface area (Å²) in [6.07, 6.45) is 1.86. The maximum atomic E-state index is 5.54. The van der Waals surface area contributed by atoms with E-state index in [0.29, 0.717) is 12.5 Å². The summed E-state index contributed by atoms with van der Waals surface area (Å²) in [5.74, 6) is 1.12. The van der Waals surface area contributed by atoms with Crippen LogP contribution in [0.4, 0.5) is 5.69 Å². The lowest BCUT2D eigenvalue weighted by atomic mass is 10.1. The quantitative estimate of drug-likeness (QED) is 0.876. The Bertz CT molecular complexity index is 578. The molecule has 0 saturated carbocycles. The fourth-order valence-corrected chi connectivity index (χ4v) is 2.13. The van der Waals surface area contributed by atoms with Gasteiger partial charge in [0.1, 0.15) is 0 Å². The van der Waals surface area contributed by atoms with E-state index < -0.39 is 0 Å². The van der Waals surface area contributed by atoms with Crippen molar-refractivity contribution in [1.82, 2.24) is 9.97 Å². The Balaban J connectivity index is 2.42. The van der Waals surface area contributed by atoms with Crippen LogP contribution in [0.5, 0.6) is 0 Å². The minimum absolute atomic E-state index is 0.334. The van der Waals surface area contributed by atoms with E-state index in [0.717, 1.165) is 29.3 Å². The molecule has 0 aliphatic heterocycles. The van der Waals surface area contributed by atoms with E-state index in [1.165, 1.54) is 5.56 Å². The molecule has 1 aromatic heterocycles. The Morgan fingerprint density at radius 1 is 1.25 bits per heavy atom. The molecule has 4 nitrogen and oxygen atoms in total. The maximum Gasteiger partial charge on any atom is 0.159 e. The molecule has 106 valence electrons. The minimum atomic E-state index is 0.334. The first-order valence-corrected chi connectivity index (χ1v) is 7.00. The Hall–Kier alpha value is -1.94. The van der Waals surface area contributed by atoms with Gasteiger partial charge in [0.2, 0.25) is 0 Å². The molecular formula is C16H22N4. The first-order chi connectivity index (χ1) is 9.63. The van der Waals surface area contributed by atoms with E-state index in [1.54, 1.807) is 0 Å². The third-order valence-electron chi connectivity index (χ3n) is 3.21. The molecule has 0 aliphatic rings. The summed E-state index contributed by atoms with van der Waals surface area (Å²) in [7, 11) is 0. The molecule has 4 heteroatoms. The summed E-state index contributed by atoms with van der Waals surface area (Å²) in [5.41, 5.74) is 9.82. The van der Waals surface area contributed by atoms with Crippen LogP contribution in [0.2, 0.25) is 0 Å². The molecular weight excluding hydrogens is 248 g/mol. The fraction of sp³-hybridized carbons (Fsp3) is 0.375. The molecule has 0 aliphatic carbocycles. The van der Waals surface area contributed by atoms with Crippen molar-refractivity contribution in [2.45, 2.75) is 26.7 Å². The molecule has 0 atom stereocenters. The number of hydrogen-bond acceptors (Lipinski definition) is 4. The fourth-order valence-electron chi connectivity index (χ4n) is 2.13. The van der Waals surface area contributed by atoms with Gasteiger partial charge in [-0.05, 0) is 18.4 Å². The van der Waals surface area contributed by atoms with Crippen LogP contribution in [0, 0.1) is 6.92 Å². The van der Waals surface area contributed by atoms with Crippen LogP contribution >= 0.6 is 0 Å². The van der Waals surface area contributed by atoms with Crippen molar-refractivity contribution in [3.63, 3.8) is 0 Å². The summed E-state index contributed by atoms with van der Waals surface area (Å²) < 4.78 is 0. The van der Waals surface area contributed by atoms with Gasteiger partial charge in [-0.25, -0.2) is 9.97 Å². The van der Waals surface area contributed by atoms with Gasteiger partial charge in [0.25, 0.3) is 0 Å². The van der Waals surface area contributed by atoms with Crippen molar-refractivity contribution in [2.75, 3.05) is 18.4 Å². The smallest absolute Gasteiger partial charge is 0.159 e. The first-order valence-electron chi connectivity index (χ1n) is 7.00. The normalized spacial score (nSPS) is 10.8. The predicted octanol–water partition coefficient (Wildman–Crippen LogP) is 2.95. The molecule has 20 heavy (non-hydrogen) atoms. The number of nitrogens with two attached hydrogens (primary N) is 1. The molecule has 2 rings (SSSR count). The summed E-state index contributed by atoms with van der Waals surface area (Å²) in [4.78, 5) is 9.23. The van der Waals surface area contributed by atoms with Crippen LogP contribution in [-0.2, 0) is 0 Å². The zero-order chi connectivity index (χ0) is 14.5. The van der Waals surface area contributed by atoms with E-state index in [1.807, 2.05) is 18.3 Å². The number of aromatic nitrogens is 2. The van der Waals surface area contributed by atoms with Gasteiger partial charge in [-0.1, -0.05) is 38.1 Å². The Morgan fingerprint density at radius 3 is 2.65 bits per heavy atom. The number of nitrogens with zero attached hydrogens (tertiary/aromatic N) is 2. The SMILES string of the molecule is Cc1ccccc1-c1ncc(NCCN)c(C(C)C)n1.